The van der Waals surface area contributed by atoms with Crippen molar-refractivity contribution >= 4 is 29.2 Å². The van der Waals surface area contributed by atoms with Gasteiger partial charge in [0.15, 0.2) is 11.6 Å². The first-order valence-electron chi connectivity index (χ1n) is 8.78. The molecule has 1 N–H and O–H groups in total. The van der Waals surface area contributed by atoms with E-state index in [4.69, 9.17) is 12.2 Å². The molecule has 1 aliphatic carbocycles. The molecule has 134 valence electrons. The van der Waals surface area contributed by atoms with Crippen molar-refractivity contribution in [3.05, 3.63) is 44.7 Å². The van der Waals surface area contributed by atoms with E-state index in [-0.39, 0.29) is 35.2 Å². The number of allylic oxidation sites excluding steroid dienone is 2. The molecule has 1 unspecified atom stereocenters. The highest BCUT2D eigenvalue weighted by atomic mass is 32.1. The second-order valence-corrected chi connectivity index (χ2v) is 7.20. The highest BCUT2D eigenvalue weighted by Gasteiger charge is 2.34. The molecule has 25 heavy (non-hydrogen) atoms. The lowest BCUT2D eigenvalue weighted by molar-refractivity contribution is -0.122. The van der Waals surface area contributed by atoms with Crippen LogP contribution in [0.3, 0.4) is 0 Å². The summed E-state index contributed by atoms with van der Waals surface area (Å²) < 4.78 is 0. The predicted octanol–water partition coefficient (Wildman–Crippen LogP) is 4.90. The van der Waals surface area contributed by atoms with Gasteiger partial charge in [-0.05, 0) is 73.4 Å². The third-order valence-corrected chi connectivity index (χ3v) is 5.74. The second-order valence-electron chi connectivity index (χ2n) is 6.97. The molecule has 4 heteroatoms. The maximum atomic E-state index is 12.6. The first-order chi connectivity index (χ1) is 11.7. The number of thiocarbonyl (C=S) groups is 1. The molecule has 0 saturated heterocycles. The summed E-state index contributed by atoms with van der Waals surface area (Å²) in [5, 5.41) is 12.1. The van der Waals surface area contributed by atoms with Crippen LogP contribution >= 0.6 is 12.2 Å². The summed E-state index contributed by atoms with van der Waals surface area (Å²) in [5.74, 6) is -0.701. The van der Waals surface area contributed by atoms with Crippen LogP contribution in [0.25, 0.3) is 0 Å². The quantitative estimate of drug-likeness (QED) is 0.601. The first kappa shape index (κ1) is 19.5. The van der Waals surface area contributed by atoms with E-state index < -0.39 is 0 Å². The smallest absolute Gasteiger partial charge is 0.170 e. The average molecular weight is 359 g/mol. The summed E-state index contributed by atoms with van der Waals surface area (Å²) in [6, 6.07) is 0. The van der Waals surface area contributed by atoms with Crippen LogP contribution in [0, 0.1) is 27.7 Å². The van der Waals surface area contributed by atoms with Crippen molar-refractivity contribution in [2.45, 2.75) is 66.2 Å². The molecule has 1 aromatic rings. The van der Waals surface area contributed by atoms with Gasteiger partial charge in [0.2, 0.25) is 0 Å². The van der Waals surface area contributed by atoms with Crippen LogP contribution in [0.1, 0.15) is 71.9 Å². The van der Waals surface area contributed by atoms with Gasteiger partial charge in [0.25, 0.3) is 0 Å². The van der Waals surface area contributed by atoms with Crippen LogP contribution in [0.2, 0.25) is 0 Å². The highest BCUT2D eigenvalue weighted by molar-refractivity contribution is 7.79. The van der Waals surface area contributed by atoms with E-state index in [1.807, 2.05) is 20.8 Å². The molecule has 2 rings (SSSR count). The van der Waals surface area contributed by atoms with E-state index in [1.165, 1.54) is 11.1 Å². The molecule has 0 aliphatic heterocycles. The zero-order chi connectivity index (χ0) is 18.9. The minimum absolute atomic E-state index is 0.0141. The molecule has 0 radical (unpaired) electrons. The molecule has 0 spiro atoms. The van der Waals surface area contributed by atoms with Gasteiger partial charge in [-0.25, -0.2) is 0 Å². The van der Waals surface area contributed by atoms with Crippen molar-refractivity contribution in [2.75, 3.05) is 0 Å². The van der Waals surface area contributed by atoms with Gasteiger partial charge in [0.1, 0.15) is 5.76 Å². The van der Waals surface area contributed by atoms with Gasteiger partial charge in [-0.15, -0.1) is 0 Å². The van der Waals surface area contributed by atoms with Crippen LogP contribution < -0.4 is 0 Å². The molecule has 1 aliphatic rings. The van der Waals surface area contributed by atoms with Crippen LogP contribution in [0.15, 0.2) is 11.3 Å². The summed E-state index contributed by atoms with van der Waals surface area (Å²) in [6.07, 6.45) is 1.52. The van der Waals surface area contributed by atoms with Crippen LogP contribution in [-0.2, 0) is 9.59 Å². The largest absolute Gasteiger partial charge is 0.511 e. The molecule has 0 saturated carbocycles. The number of ketones is 2. The van der Waals surface area contributed by atoms with Crippen molar-refractivity contribution in [1.29, 1.82) is 0 Å². The maximum Gasteiger partial charge on any atom is 0.170 e. The third kappa shape index (κ3) is 3.45. The van der Waals surface area contributed by atoms with Gasteiger partial charge in [0, 0.05) is 24.6 Å². The number of hydrogen-bond acceptors (Lipinski definition) is 4. The number of benzene rings is 1. The second kappa shape index (κ2) is 7.61. The minimum atomic E-state index is -0.252. The molecule has 1 aromatic carbocycles. The monoisotopic (exact) mass is 358 g/mol. The standard InChI is InChI=1S/C21H26O3S/c1-6-7-17(22)21-18(23)8-15(9-19(21)24)20-14(5)12(3)11(2)13(4)16(20)10-25/h10,15,23H,6-9H2,1-5H3. The Bertz CT molecular complexity index is 787. The van der Waals surface area contributed by atoms with Crippen LogP contribution in [0.5, 0.6) is 0 Å². The van der Waals surface area contributed by atoms with Gasteiger partial charge in [-0.1, -0.05) is 19.1 Å². The summed E-state index contributed by atoms with van der Waals surface area (Å²) in [4.78, 5) is 24.7. The lowest BCUT2D eigenvalue weighted by atomic mass is 9.76. The molecular formula is C21H26O3S. The number of rotatable bonds is 5. The summed E-state index contributed by atoms with van der Waals surface area (Å²) in [6.45, 7) is 10.1. The van der Waals surface area contributed by atoms with Crippen molar-refractivity contribution in [1.82, 2.24) is 0 Å². The van der Waals surface area contributed by atoms with Gasteiger partial charge in [0.05, 0.1) is 5.57 Å². The third-order valence-electron chi connectivity index (χ3n) is 5.51. The molecule has 3 nitrogen and oxygen atoms in total. The Kier molecular flexibility index (Phi) is 5.94. The van der Waals surface area contributed by atoms with E-state index >= 15 is 0 Å². The number of carbonyl (C=O) groups is 2. The van der Waals surface area contributed by atoms with E-state index in [2.05, 4.69) is 13.8 Å². The van der Waals surface area contributed by atoms with Crippen molar-refractivity contribution in [3.63, 3.8) is 0 Å². The Morgan fingerprint density at radius 1 is 1.12 bits per heavy atom. The average Bonchev–Trinajstić information content (AvgIpc) is 2.55. The van der Waals surface area contributed by atoms with Gasteiger partial charge in [-0.3, -0.25) is 9.59 Å². The topological polar surface area (TPSA) is 54.4 Å². The zero-order valence-electron chi connectivity index (χ0n) is 15.7. The van der Waals surface area contributed by atoms with E-state index in [1.54, 1.807) is 5.37 Å². The maximum absolute atomic E-state index is 12.6. The number of hydrogen-bond donors (Lipinski definition) is 1. The number of aliphatic hydroxyl groups is 1. The number of aliphatic hydroxyl groups excluding tert-OH is 1. The normalized spacial score (nSPS) is 17.8. The van der Waals surface area contributed by atoms with Gasteiger partial charge in [-0.2, -0.15) is 0 Å². The fourth-order valence-electron chi connectivity index (χ4n) is 3.82. The Morgan fingerprint density at radius 3 is 2.24 bits per heavy atom. The fraction of sp³-hybridized carbons (Fsp3) is 0.476. The lowest BCUT2D eigenvalue weighted by Gasteiger charge is -2.28. The van der Waals surface area contributed by atoms with Crippen LogP contribution in [-0.4, -0.2) is 22.0 Å². The minimum Gasteiger partial charge on any atom is -0.511 e. The Labute approximate surface area is 155 Å². The molecule has 1 atom stereocenters. The zero-order valence-corrected chi connectivity index (χ0v) is 16.5. The molecule has 0 fully saturated rings. The van der Waals surface area contributed by atoms with Crippen molar-refractivity contribution < 1.29 is 14.7 Å². The van der Waals surface area contributed by atoms with Gasteiger partial charge >= 0.3 is 0 Å². The van der Waals surface area contributed by atoms with Crippen molar-refractivity contribution in [2.24, 2.45) is 0 Å². The van der Waals surface area contributed by atoms with E-state index in [0.717, 1.165) is 22.3 Å². The predicted molar refractivity (Wildman–Crippen MR) is 105 cm³/mol. The lowest BCUT2D eigenvalue weighted by Crippen LogP contribution is -2.25. The van der Waals surface area contributed by atoms with Crippen molar-refractivity contribution in [3.8, 4) is 0 Å². The van der Waals surface area contributed by atoms with E-state index in [0.29, 0.717) is 19.3 Å². The molecule has 0 amide bonds. The summed E-state index contributed by atoms with van der Waals surface area (Å²) >= 11 is 5.24. The summed E-state index contributed by atoms with van der Waals surface area (Å²) in [5.41, 5.74) is 6.67. The van der Waals surface area contributed by atoms with Crippen LogP contribution in [0.4, 0.5) is 0 Å². The Balaban J connectivity index is 2.55. The molecule has 0 heterocycles. The molecular weight excluding hydrogens is 332 g/mol. The molecule has 0 aromatic heterocycles. The summed E-state index contributed by atoms with van der Waals surface area (Å²) in [7, 11) is 0. The van der Waals surface area contributed by atoms with E-state index in [9.17, 15) is 14.7 Å². The van der Waals surface area contributed by atoms with Gasteiger partial charge < -0.3 is 5.11 Å². The highest BCUT2D eigenvalue weighted by Crippen LogP contribution is 2.39. The Hall–Kier alpha value is -1.81. The molecule has 0 bridgehead atoms. The SMILES string of the molecule is CCCC(=O)C1=C(O)CC(c2c(C)c(C)c(C)c(C)c2C=S)CC1=O. The number of Topliss-reactive ketones (excluding diaryl/α,β-unsaturated/α-hetero) is 2. The fourth-order valence-corrected chi connectivity index (χ4v) is 4.12. The number of carbonyl (C=O) groups excluding carboxylic acids is 2. The first-order valence-corrected chi connectivity index (χ1v) is 9.25. The Morgan fingerprint density at radius 2 is 1.72 bits per heavy atom.